The summed E-state index contributed by atoms with van der Waals surface area (Å²) in [5.74, 6) is -2.13. The highest BCUT2D eigenvalue weighted by atomic mass is 19.4. The first-order valence-electron chi connectivity index (χ1n) is 5.49. The predicted molar refractivity (Wildman–Crippen MR) is 57.8 cm³/mol. The van der Waals surface area contributed by atoms with Gasteiger partial charge in [0.1, 0.15) is 13.2 Å². The quantitative estimate of drug-likeness (QED) is 0.604. The zero-order chi connectivity index (χ0) is 15.4. The van der Waals surface area contributed by atoms with Crippen molar-refractivity contribution in [1.29, 1.82) is 0 Å². The summed E-state index contributed by atoms with van der Waals surface area (Å²) in [7, 11) is 0. The maximum atomic E-state index is 12.2. The van der Waals surface area contributed by atoms with Crippen LogP contribution in [0.4, 0.5) is 26.3 Å². The van der Waals surface area contributed by atoms with Crippen molar-refractivity contribution in [2.75, 3.05) is 13.2 Å². The van der Waals surface area contributed by atoms with E-state index in [1.807, 2.05) is 0 Å². The summed E-state index contributed by atoms with van der Waals surface area (Å²) in [6.07, 6.45) is -9.34. The lowest BCUT2D eigenvalue weighted by atomic mass is 10.1. The Hall–Kier alpha value is -1.28. The standard InChI is InChI=1S/C12H12F6O2/c1-10(19-7-11(13,14)15,20-8-12(16,17)18)9-5-3-2-4-6-9/h2-6H,7-8H2,1H3. The number of hydrogen-bond acceptors (Lipinski definition) is 2. The van der Waals surface area contributed by atoms with E-state index in [2.05, 4.69) is 9.47 Å². The van der Waals surface area contributed by atoms with Crippen molar-refractivity contribution >= 4 is 0 Å². The van der Waals surface area contributed by atoms with Crippen LogP contribution in [0.3, 0.4) is 0 Å². The van der Waals surface area contributed by atoms with Gasteiger partial charge in [0, 0.05) is 5.56 Å². The Bertz CT molecular complexity index is 394. The molecule has 0 aliphatic carbocycles. The third-order valence-electron chi connectivity index (χ3n) is 2.32. The lowest BCUT2D eigenvalue weighted by molar-refractivity contribution is -0.310. The van der Waals surface area contributed by atoms with Crippen molar-refractivity contribution in [3.8, 4) is 0 Å². The van der Waals surface area contributed by atoms with Gasteiger partial charge < -0.3 is 9.47 Å². The molecule has 0 bridgehead atoms. The minimum atomic E-state index is -4.67. The molecule has 20 heavy (non-hydrogen) atoms. The van der Waals surface area contributed by atoms with Gasteiger partial charge >= 0.3 is 12.4 Å². The molecular weight excluding hydrogens is 290 g/mol. The Morgan fingerprint density at radius 1 is 0.800 bits per heavy atom. The van der Waals surface area contributed by atoms with Crippen LogP contribution in [-0.4, -0.2) is 25.6 Å². The van der Waals surface area contributed by atoms with Crippen molar-refractivity contribution in [2.45, 2.75) is 25.1 Å². The topological polar surface area (TPSA) is 18.5 Å². The molecule has 1 aromatic rings. The van der Waals surface area contributed by atoms with E-state index in [-0.39, 0.29) is 5.56 Å². The molecule has 0 aliphatic heterocycles. The van der Waals surface area contributed by atoms with E-state index in [0.29, 0.717) is 0 Å². The molecule has 2 nitrogen and oxygen atoms in total. The minimum Gasteiger partial charge on any atom is -0.337 e. The molecule has 0 aliphatic rings. The SMILES string of the molecule is CC(OCC(F)(F)F)(OCC(F)(F)F)c1ccccc1. The maximum absolute atomic E-state index is 12.2. The van der Waals surface area contributed by atoms with Crippen LogP contribution in [0.1, 0.15) is 12.5 Å². The molecule has 0 atom stereocenters. The minimum absolute atomic E-state index is 0.0634. The molecule has 1 rings (SSSR count). The van der Waals surface area contributed by atoms with Gasteiger partial charge in [0.25, 0.3) is 0 Å². The number of halogens is 6. The molecule has 114 valence electrons. The zero-order valence-corrected chi connectivity index (χ0v) is 10.4. The lowest BCUT2D eigenvalue weighted by Gasteiger charge is -2.31. The van der Waals surface area contributed by atoms with Crippen molar-refractivity contribution in [2.24, 2.45) is 0 Å². The van der Waals surface area contributed by atoms with Gasteiger partial charge in [-0.15, -0.1) is 0 Å². The first-order valence-corrected chi connectivity index (χ1v) is 5.49. The first kappa shape index (κ1) is 16.8. The van der Waals surface area contributed by atoms with Crippen LogP contribution in [0.2, 0.25) is 0 Å². The normalized spacial score (nSPS) is 13.6. The van der Waals surface area contributed by atoms with E-state index in [4.69, 9.17) is 0 Å². The highest BCUT2D eigenvalue weighted by molar-refractivity contribution is 5.19. The van der Waals surface area contributed by atoms with Crippen molar-refractivity contribution in [3.63, 3.8) is 0 Å². The van der Waals surface area contributed by atoms with Crippen LogP contribution < -0.4 is 0 Å². The largest absolute Gasteiger partial charge is 0.411 e. The van der Waals surface area contributed by atoms with Gasteiger partial charge in [0.2, 0.25) is 0 Å². The predicted octanol–water partition coefficient (Wildman–Crippen LogP) is 4.02. The number of alkyl halides is 6. The number of rotatable bonds is 5. The van der Waals surface area contributed by atoms with E-state index in [0.717, 1.165) is 6.92 Å². The number of benzene rings is 1. The second kappa shape index (κ2) is 6.01. The summed E-state index contributed by atoms with van der Waals surface area (Å²) in [4.78, 5) is 0. The van der Waals surface area contributed by atoms with Crippen LogP contribution in [-0.2, 0) is 15.3 Å². The van der Waals surface area contributed by atoms with E-state index in [1.54, 1.807) is 6.07 Å². The van der Waals surface area contributed by atoms with E-state index < -0.39 is 31.4 Å². The van der Waals surface area contributed by atoms with Gasteiger partial charge in [-0.25, -0.2) is 0 Å². The van der Waals surface area contributed by atoms with Gasteiger partial charge in [-0.3, -0.25) is 0 Å². The van der Waals surface area contributed by atoms with Crippen LogP contribution in [0.15, 0.2) is 30.3 Å². The smallest absolute Gasteiger partial charge is 0.337 e. The second-order valence-electron chi connectivity index (χ2n) is 4.12. The number of hydrogen-bond donors (Lipinski definition) is 0. The summed E-state index contributed by atoms with van der Waals surface area (Å²) in [6, 6.07) is 7.14. The van der Waals surface area contributed by atoms with E-state index in [1.165, 1.54) is 24.3 Å². The lowest BCUT2D eigenvalue weighted by Crippen LogP contribution is -2.36. The fraction of sp³-hybridized carbons (Fsp3) is 0.500. The highest BCUT2D eigenvalue weighted by Crippen LogP contribution is 2.31. The number of ether oxygens (including phenoxy) is 2. The fourth-order valence-corrected chi connectivity index (χ4v) is 1.39. The third-order valence-corrected chi connectivity index (χ3v) is 2.32. The molecule has 0 radical (unpaired) electrons. The molecule has 0 heterocycles. The molecule has 0 aromatic heterocycles. The van der Waals surface area contributed by atoms with Crippen molar-refractivity contribution in [1.82, 2.24) is 0 Å². The maximum Gasteiger partial charge on any atom is 0.411 e. The first-order chi connectivity index (χ1) is 9.02. The van der Waals surface area contributed by atoms with Crippen LogP contribution in [0.5, 0.6) is 0 Å². The molecule has 0 fully saturated rings. The molecule has 1 aromatic carbocycles. The highest BCUT2D eigenvalue weighted by Gasteiger charge is 2.39. The van der Waals surface area contributed by atoms with Gasteiger partial charge in [-0.05, 0) is 6.92 Å². The summed E-state index contributed by atoms with van der Waals surface area (Å²) >= 11 is 0. The summed E-state index contributed by atoms with van der Waals surface area (Å²) < 4.78 is 82.1. The van der Waals surface area contributed by atoms with Crippen molar-refractivity contribution < 1.29 is 35.8 Å². The van der Waals surface area contributed by atoms with Crippen LogP contribution in [0.25, 0.3) is 0 Å². The molecular formula is C12H12F6O2. The Morgan fingerprint density at radius 3 is 1.55 bits per heavy atom. The van der Waals surface area contributed by atoms with E-state index >= 15 is 0 Å². The van der Waals surface area contributed by atoms with Gasteiger partial charge in [0.15, 0.2) is 5.79 Å². The van der Waals surface area contributed by atoms with Crippen LogP contribution >= 0.6 is 0 Å². The Balaban J connectivity index is 2.88. The van der Waals surface area contributed by atoms with E-state index in [9.17, 15) is 26.3 Å². The molecule has 0 saturated heterocycles. The molecule has 8 heteroatoms. The fourth-order valence-electron chi connectivity index (χ4n) is 1.39. The Kier molecular flexibility index (Phi) is 5.04. The molecule has 0 amide bonds. The Morgan fingerprint density at radius 2 is 1.20 bits per heavy atom. The molecule has 0 unspecified atom stereocenters. The molecule has 0 spiro atoms. The molecule has 0 saturated carbocycles. The average molecular weight is 302 g/mol. The second-order valence-corrected chi connectivity index (χ2v) is 4.12. The third kappa shape index (κ3) is 5.79. The van der Waals surface area contributed by atoms with Gasteiger partial charge in [-0.1, -0.05) is 30.3 Å². The summed E-state index contributed by atoms with van der Waals surface area (Å²) in [6.45, 7) is -2.41. The molecule has 0 N–H and O–H groups in total. The van der Waals surface area contributed by atoms with Crippen molar-refractivity contribution in [3.05, 3.63) is 35.9 Å². The summed E-state index contributed by atoms with van der Waals surface area (Å²) in [5, 5.41) is 0. The zero-order valence-electron chi connectivity index (χ0n) is 10.4. The van der Waals surface area contributed by atoms with Gasteiger partial charge in [-0.2, -0.15) is 26.3 Å². The monoisotopic (exact) mass is 302 g/mol. The van der Waals surface area contributed by atoms with Gasteiger partial charge in [0.05, 0.1) is 0 Å². The average Bonchev–Trinajstić information content (AvgIpc) is 2.33. The summed E-state index contributed by atoms with van der Waals surface area (Å²) in [5.41, 5.74) is 0.0634. The Labute approximate surface area is 111 Å². The van der Waals surface area contributed by atoms with Crippen LogP contribution in [0, 0.1) is 0 Å².